The minimum Gasteiger partial charge on any atom is -0.507 e. The van der Waals surface area contributed by atoms with E-state index in [1.54, 1.807) is 36.4 Å². The first kappa shape index (κ1) is 20.7. The lowest BCUT2D eigenvalue weighted by atomic mass is 9.85. The number of ketones is 1. The Morgan fingerprint density at radius 2 is 1.65 bits per heavy atom. The SMILES string of the molecule is CC(C)(C)c1ccc([C@@H]2/C(=C(\O)c3ccccc3)C(=O)C(=O)N2Cc2ccco2)cc1. The highest BCUT2D eigenvalue weighted by atomic mass is 16.3. The maximum atomic E-state index is 13.0. The van der Waals surface area contributed by atoms with Gasteiger partial charge in [0.05, 0.1) is 24.4 Å². The Balaban J connectivity index is 1.85. The van der Waals surface area contributed by atoms with E-state index >= 15 is 0 Å². The molecule has 0 saturated carbocycles. The zero-order chi connectivity index (χ0) is 22.2. The first-order chi connectivity index (χ1) is 14.8. The largest absolute Gasteiger partial charge is 0.507 e. The average Bonchev–Trinajstić information content (AvgIpc) is 3.36. The molecule has 31 heavy (non-hydrogen) atoms. The van der Waals surface area contributed by atoms with Crippen LogP contribution in [0.5, 0.6) is 0 Å². The molecule has 1 amide bonds. The second-order valence-corrected chi connectivity index (χ2v) is 8.74. The number of rotatable bonds is 4. The van der Waals surface area contributed by atoms with Crippen molar-refractivity contribution in [2.45, 2.75) is 38.8 Å². The van der Waals surface area contributed by atoms with Crippen molar-refractivity contribution in [3.8, 4) is 0 Å². The quantitative estimate of drug-likeness (QED) is 0.361. The number of benzene rings is 2. The van der Waals surface area contributed by atoms with Crippen LogP contribution in [0.2, 0.25) is 0 Å². The van der Waals surface area contributed by atoms with Crippen molar-refractivity contribution < 1.29 is 19.1 Å². The molecule has 1 fully saturated rings. The number of hydrogen-bond acceptors (Lipinski definition) is 4. The second-order valence-electron chi connectivity index (χ2n) is 8.74. The molecule has 158 valence electrons. The van der Waals surface area contributed by atoms with E-state index in [0.717, 1.165) is 11.1 Å². The standard InChI is InChI=1S/C26H25NO4/c1-26(2,3)19-13-11-17(12-14-19)22-21(23(28)18-8-5-4-6-9-18)24(29)25(30)27(22)16-20-10-7-15-31-20/h4-15,22,28H,16H2,1-3H3/b23-21+/t22-/m1/s1. The molecule has 3 aromatic rings. The molecule has 1 aliphatic rings. The Morgan fingerprint density at radius 1 is 0.968 bits per heavy atom. The Bertz CT molecular complexity index is 1120. The number of nitrogens with zero attached hydrogens (tertiary/aromatic N) is 1. The van der Waals surface area contributed by atoms with Gasteiger partial charge in [0.2, 0.25) is 0 Å². The Labute approximate surface area is 181 Å². The summed E-state index contributed by atoms with van der Waals surface area (Å²) in [6.45, 7) is 6.51. The summed E-state index contributed by atoms with van der Waals surface area (Å²) >= 11 is 0. The van der Waals surface area contributed by atoms with Crippen LogP contribution in [0.15, 0.2) is 83.0 Å². The Kier molecular flexibility index (Phi) is 5.27. The maximum Gasteiger partial charge on any atom is 0.296 e. The van der Waals surface area contributed by atoms with Gasteiger partial charge in [-0.15, -0.1) is 0 Å². The van der Waals surface area contributed by atoms with Crippen molar-refractivity contribution in [1.29, 1.82) is 0 Å². The first-order valence-corrected chi connectivity index (χ1v) is 10.2. The van der Waals surface area contributed by atoms with E-state index in [0.29, 0.717) is 11.3 Å². The van der Waals surface area contributed by atoms with Gasteiger partial charge in [-0.2, -0.15) is 0 Å². The fourth-order valence-electron chi connectivity index (χ4n) is 3.88. The monoisotopic (exact) mass is 415 g/mol. The predicted octanol–water partition coefficient (Wildman–Crippen LogP) is 5.20. The number of Topliss-reactive ketones (excluding diaryl/α,β-unsaturated/α-hetero) is 1. The fraction of sp³-hybridized carbons (Fsp3) is 0.231. The third-order valence-corrected chi connectivity index (χ3v) is 5.59. The van der Waals surface area contributed by atoms with Crippen LogP contribution in [0.3, 0.4) is 0 Å². The van der Waals surface area contributed by atoms with Gasteiger partial charge in [0.15, 0.2) is 0 Å². The van der Waals surface area contributed by atoms with Gasteiger partial charge in [-0.05, 0) is 28.7 Å². The minimum atomic E-state index is -0.709. The van der Waals surface area contributed by atoms with E-state index in [9.17, 15) is 14.7 Å². The van der Waals surface area contributed by atoms with E-state index in [4.69, 9.17) is 4.42 Å². The van der Waals surface area contributed by atoms with Crippen LogP contribution < -0.4 is 0 Å². The zero-order valence-corrected chi connectivity index (χ0v) is 17.8. The zero-order valence-electron chi connectivity index (χ0n) is 17.8. The molecule has 5 heteroatoms. The summed E-state index contributed by atoms with van der Waals surface area (Å²) in [6, 6.07) is 19.5. The highest BCUT2D eigenvalue weighted by Gasteiger charge is 2.46. The van der Waals surface area contributed by atoms with Gasteiger partial charge in [0, 0.05) is 5.56 Å². The normalized spacial score (nSPS) is 18.5. The summed E-state index contributed by atoms with van der Waals surface area (Å²) < 4.78 is 5.42. The molecule has 0 unspecified atom stereocenters. The molecule has 0 bridgehead atoms. The van der Waals surface area contributed by atoms with Crippen LogP contribution in [0.1, 0.15) is 49.3 Å². The number of carbonyl (C=O) groups excluding carboxylic acids is 2. The highest BCUT2D eigenvalue weighted by molar-refractivity contribution is 6.46. The molecular formula is C26H25NO4. The van der Waals surface area contributed by atoms with Gasteiger partial charge in [0.25, 0.3) is 11.7 Å². The fourth-order valence-corrected chi connectivity index (χ4v) is 3.88. The summed E-state index contributed by atoms with van der Waals surface area (Å²) in [5.41, 5.74) is 2.46. The topological polar surface area (TPSA) is 70.8 Å². The van der Waals surface area contributed by atoms with Crippen molar-refractivity contribution in [3.05, 3.63) is 101 Å². The first-order valence-electron chi connectivity index (χ1n) is 10.2. The number of amides is 1. The molecule has 1 saturated heterocycles. The lowest BCUT2D eigenvalue weighted by Gasteiger charge is -2.26. The van der Waals surface area contributed by atoms with Crippen molar-refractivity contribution in [1.82, 2.24) is 4.90 Å². The molecule has 4 rings (SSSR count). The predicted molar refractivity (Wildman–Crippen MR) is 118 cm³/mol. The molecule has 0 spiro atoms. The minimum absolute atomic E-state index is 0.0292. The van der Waals surface area contributed by atoms with Crippen LogP contribution in [0, 0.1) is 0 Å². The average molecular weight is 415 g/mol. The summed E-state index contributed by atoms with van der Waals surface area (Å²) in [7, 11) is 0. The van der Waals surface area contributed by atoms with E-state index in [1.165, 1.54) is 11.2 Å². The van der Waals surface area contributed by atoms with E-state index in [1.807, 2.05) is 30.3 Å². The van der Waals surface area contributed by atoms with Crippen LogP contribution in [-0.2, 0) is 21.5 Å². The summed E-state index contributed by atoms with van der Waals surface area (Å²) in [5, 5.41) is 11.0. The van der Waals surface area contributed by atoms with Gasteiger partial charge in [-0.25, -0.2) is 0 Å². The van der Waals surface area contributed by atoms with Gasteiger partial charge in [0.1, 0.15) is 11.5 Å². The highest BCUT2D eigenvalue weighted by Crippen LogP contribution is 2.40. The van der Waals surface area contributed by atoms with Crippen molar-refractivity contribution in [2.75, 3.05) is 0 Å². The number of aliphatic hydroxyl groups is 1. The molecule has 1 atom stereocenters. The second kappa shape index (κ2) is 7.91. The number of likely N-dealkylation sites (tertiary alicyclic amines) is 1. The Hall–Kier alpha value is -3.60. The number of hydrogen-bond donors (Lipinski definition) is 1. The third-order valence-electron chi connectivity index (χ3n) is 5.59. The molecule has 0 radical (unpaired) electrons. The Morgan fingerprint density at radius 3 is 2.23 bits per heavy atom. The number of carbonyl (C=O) groups is 2. The summed E-state index contributed by atoms with van der Waals surface area (Å²) in [6.07, 6.45) is 1.53. The van der Waals surface area contributed by atoms with E-state index in [2.05, 4.69) is 20.8 Å². The molecule has 0 aliphatic carbocycles. The van der Waals surface area contributed by atoms with Gasteiger partial charge in [-0.1, -0.05) is 75.4 Å². The van der Waals surface area contributed by atoms with Crippen LogP contribution >= 0.6 is 0 Å². The molecule has 1 N–H and O–H groups in total. The third kappa shape index (κ3) is 3.91. The van der Waals surface area contributed by atoms with Gasteiger partial charge < -0.3 is 14.4 Å². The van der Waals surface area contributed by atoms with E-state index in [-0.39, 0.29) is 23.3 Å². The van der Waals surface area contributed by atoms with Crippen LogP contribution in [-0.4, -0.2) is 21.7 Å². The molecule has 1 aromatic heterocycles. The maximum absolute atomic E-state index is 13.0. The van der Waals surface area contributed by atoms with Gasteiger partial charge >= 0.3 is 0 Å². The number of aliphatic hydroxyl groups excluding tert-OH is 1. The van der Waals surface area contributed by atoms with Crippen molar-refractivity contribution in [2.24, 2.45) is 0 Å². The smallest absolute Gasteiger partial charge is 0.296 e. The lowest BCUT2D eigenvalue weighted by molar-refractivity contribution is -0.140. The molecule has 2 heterocycles. The molecule has 2 aromatic carbocycles. The molecular weight excluding hydrogens is 390 g/mol. The van der Waals surface area contributed by atoms with Crippen LogP contribution in [0.25, 0.3) is 5.76 Å². The number of furan rings is 1. The summed E-state index contributed by atoms with van der Waals surface area (Å²) in [5.74, 6) is -0.958. The molecule has 5 nitrogen and oxygen atoms in total. The van der Waals surface area contributed by atoms with Crippen molar-refractivity contribution >= 4 is 17.4 Å². The van der Waals surface area contributed by atoms with Crippen LogP contribution in [0.4, 0.5) is 0 Å². The summed E-state index contributed by atoms with van der Waals surface area (Å²) in [4.78, 5) is 27.5. The lowest BCUT2D eigenvalue weighted by Crippen LogP contribution is -2.29. The van der Waals surface area contributed by atoms with E-state index < -0.39 is 17.7 Å². The van der Waals surface area contributed by atoms with Gasteiger partial charge in [-0.3, -0.25) is 9.59 Å². The molecule has 1 aliphatic heterocycles. The van der Waals surface area contributed by atoms with Crippen molar-refractivity contribution in [3.63, 3.8) is 0 Å².